The molecule has 98 valence electrons. The Morgan fingerprint density at radius 1 is 1.12 bits per heavy atom. The molecule has 0 saturated carbocycles. The van der Waals surface area contributed by atoms with Crippen LogP contribution >= 0.6 is 0 Å². The molecule has 0 atom stereocenters. The van der Waals surface area contributed by atoms with Gasteiger partial charge in [-0.25, -0.2) is 0 Å². The second kappa shape index (κ2) is 8.33. The Morgan fingerprint density at radius 3 is 2.29 bits per heavy atom. The van der Waals surface area contributed by atoms with E-state index in [1.165, 1.54) is 36.8 Å². The zero-order valence-corrected chi connectivity index (χ0v) is 12.6. The Labute approximate surface area is 108 Å². The molecule has 0 aliphatic rings. The van der Waals surface area contributed by atoms with Crippen LogP contribution in [0, 0.1) is 12.3 Å². The van der Waals surface area contributed by atoms with Gasteiger partial charge in [-0.15, -0.1) is 0 Å². The van der Waals surface area contributed by atoms with Crippen LogP contribution < -0.4 is 0 Å². The van der Waals surface area contributed by atoms with Gasteiger partial charge in [0.15, 0.2) is 0 Å². The molecular formula is C17H30. The number of hydrogen-bond donors (Lipinski definition) is 0. The number of aryl methyl sites for hydroxylation is 1. The molecule has 0 aliphatic carbocycles. The van der Waals surface area contributed by atoms with Crippen LogP contribution in [-0.4, -0.2) is 0 Å². The summed E-state index contributed by atoms with van der Waals surface area (Å²) in [5, 5.41) is 0. The molecule has 1 aromatic rings. The maximum absolute atomic E-state index is 2.38. The van der Waals surface area contributed by atoms with Crippen molar-refractivity contribution in [2.24, 2.45) is 5.41 Å². The molecule has 1 rings (SSSR count). The molecule has 17 heavy (non-hydrogen) atoms. The van der Waals surface area contributed by atoms with Crippen LogP contribution in [-0.2, 0) is 6.42 Å². The Morgan fingerprint density at radius 2 is 1.76 bits per heavy atom. The van der Waals surface area contributed by atoms with Crippen LogP contribution in [0.15, 0.2) is 24.3 Å². The fraction of sp³-hybridized carbons (Fsp3) is 0.647. The second-order valence-electron chi connectivity index (χ2n) is 5.43. The monoisotopic (exact) mass is 234 g/mol. The molecule has 0 saturated heterocycles. The molecule has 0 aromatic heterocycles. The normalized spacial score (nSPS) is 10.7. The SMILES string of the molecule is CC.CCCCC(C)(C)Cc1cccc(C)c1. The molecule has 0 fully saturated rings. The number of hydrogen-bond acceptors (Lipinski definition) is 0. The summed E-state index contributed by atoms with van der Waals surface area (Å²) >= 11 is 0. The summed E-state index contributed by atoms with van der Waals surface area (Å²) in [7, 11) is 0. The number of benzene rings is 1. The van der Waals surface area contributed by atoms with Gasteiger partial charge in [-0.2, -0.15) is 0 Å². The van der Waals surface area contributed by atoms with Gasteiger partial charge in [0, 0.05) is 0 Å². The lowest BCUT2D eigenvalue weighted by molar-refractivity contribution is 0.321. The van der Waals surface area contributed by atoms with Crippen LogP contribution in [0.25, 0.3) is 0 Å². The van der Waals surface area contributed by atoms with Crippen molar-refractivity contribution in [1.82, 2.24) is 0 Å². The second-order valence-corrected chi connectivity index (χ2v) is 5.43. The van der Waals surface area contributed by atoms with E-state index in [1.807, 2.05) is 13.8 Å². The van der Waals surface area contributed by atoms with Crippen LogP contribution in [0.1, 0.15) is 65.0 Å². The third-order valence-electron chi connectivity index (χ3n) is 2.97. The van der Waals surface area contributed by atoms with E-state index in [-0.39, 0.29) is 0 Å². The smallest absolute Gasteiger partial charge is 0.0227 e. The minimum Gasteiger partial charge on any atom is -0.0683 e. The van der Waals surface area contributed by atoms with Crippen LogP contribution in [0.5, 0.6) is 0 Å². The van der Waals surface area contributed by atoms with Crippen molar-refractivity contribution in [3.63, 3.8) is 0 Å². The highest BCUT2D eigenvalue weighted by Gasteiger charge is 2.17. The molecular weight excluding hydrogens is 204 g/mol. The summed E-state index contributed by atoms with van der Waals surface area (Å²) in [6.07, 6.45) is 5.18. The van der Waals surface area contributed by atoms with Crippen molar-refractivity contribution in [2.75, 3.05) is 0 Å². The summed E-state index contributed by atoms with van der Waals surface area (Å²) < 4.78 is 0. The molecule has 0 heteroatoms. The Balaban J connectivity index is 0.00000121. The summed E-state index contributed by atoms with van der Waals surface area (Å²) in [5.41, 5.74) is 3.30. The molecule has 0 aliphatic heterocycles. The Hall–Kier alpha value is -0.780. The molecule has 0 bridgehead atoms. The van der Waals surface area contributed by atoms with Crippen LogP contribution in [0.3, 0.4) is 0 Å². The minimum atomic E-state index is 0.448. The molecule has 1 aromatic carbocycles. The molecule has 0 nitrogen and oxygen atoms in total. The fourth-order valence-corrected chi connectivity index (χ4v) is 2.12. The quantitative estimate of drug-likeness (QED) is 0.606. The molecule has 0 spiro atoms. The maximum atomic E-state index is 2.38. The molecule has 0 radical (unpaired) electrons. The highest BCUT2D eigenvalue weighted by atomic mass is 14.2. The average Bonchev–Trinajstić information content (AvgIpc) is 2.29. The zero-order chi connectivity index (χ0) is 13.3. The summed E-state index contributed by atoms with van der Waals surface area (Å²) in [5.74, 6) is 0. The minimum absolute atomic E-state index is 0.448. The van der Waals surface area contributed by atoms with E-state index in [9.17, 15) is 0 Å². The van der Waals surface area contributed by atoms with Gasteiger partial charge in [0.1, 0.15) is 0 Å². The first-order chi connectivity index (χ1) is 8.03. The summed E-state index contributed by atoms with van der Waals surface area (Å²) in [4.78, 5) is 0. The van der Waals surface area contributed by atoms with Gasteiger partial charge in [-0.1, -0.05) is 77.3 Å². The van der Waals surface area contributed by atoms with E-state index in [2.05, 4.69) is 52.0 Å². The lowest BCUT2D eigenvalue weighted by atomic mass is 9.81. The third kappa shape index (κ3) is 7.20. The topological polar surface area (TPSA) is 0 Å². The van der Waals surface area contributed by atoms with Gasteiger partial charge < -0.3 is 0 Å². The lowest BCUT2D eigenvalue weighted by Crippen LogP contribution is -2.14. The van der Waals surface area contributed by atoms with Crippen molar-refractivity contribution in [3.8, 4) is 0 Å². The van der Waals surface area contributed by atoms with Gasteiger partial charge in [-0.05, 0) is 30.7 Å². The first kappa shape index (κ1) is 16.2. The van der Waals surface area contributed by atoms with Gasteiger partial charge in [0.25, 0.3) is 0 Å². The highest BCUT2D eigenvalue weighted by molar-refractivity contribution is 5.23. The van der Waals surface area contributed by atoms with E-state index < -0.39 is 0 Å². The first-order valence-corrected chi connectivity index (χ1v) is 7.09. The largest absolute Gasteiger partial charge is 0.0683 e. The van der Waals surface area contributed by atoms with E-state index in [1.54, 1.807) is 0 Å². The highest BCUT2D eigenvalue weighted by Crippen LogP contribution is 2.28. The lowest BCUT2D eigenvalue weighted by Gasteiger charge is -2.24. The van der Waals surface area contributed by atoms with E-state index >= 15 is 0 Å². The molecule has 0 amide bonds. The van der Waals surface area contributed by atoms with E-state index in [4.69, 9.17) is 0 Å². The van der Waals surface area contributed by atoms with Crippen molar-refractivity contribution in [2.45, 2.75) is 67.2 Å². The van der Waals surface area contributed by atoms with Crippen LogP contribution in [0.2, 0.25) is 0 Å². The molecule has 0 unspecified atom stereocenters. The summed E-state index contributed by atoms with van der Waals surface area (Å²) in [6.45, 7) is 13.2. The summed E-state index contributed by atoms with van der Waals surface area (Å²) in [6, 6.07) is 8.90. The van der Waals surface area contributed by atoms with Crippen molar-refractivity contribution < 1.29 is 0 Å². The van der Waals surface area contributed by atoms with Gasteiger partial charge in [0.05, 0.1) is 0 Å². The zero-order valence-electron chi connectivity index (χ0n) is 12.6. The van der Waals surface area contributed by atoms with Crippen molar-refractivity contribution in [3.05, 3.63) is 35.4 Å². The predicted octanol–water partition coefficient (Wildman–Crippen LogP) is 5.78. The van der Waals surface area contributed by atoms with Crippen molar-refractivity contribution >= 4 is 0 Å². The Bertz CT molecular complexity index is 297. The van der Waals surface area contributed by atoms with Gasteiger partial charge in [0.2, 0.25) is 0 Å². The van der Waals surface area contributed by atoms with Gasteiger partial charge >= 0.3 is 0 Å². The van der Waals surface area contributed by atoms with E-state index in [0.717, 1.165) is 0 Å². The Kier molecular flexibility index (Phi) is 7.95. The van der Waals surface area contributed by atoms with Crippen LogP contribution in [0.4, 0.5) is 0 Å². The first-order valence-electron chi connectivity index (χ1n) is 7.09. The number of unbranched alkanes of at least 4 members (excludes halogenated alkanes) is 1. The third-order valence-corrected chi connectivity index (χ3v) is 2.97. The number of rotatable bonds is 5. The maximum Gasteiger partial charge on any atom is -0.0227 e. The predicted molar refractivity (Wildman–Crippen MR) is 79.5 cm³/mol. The molecule has 0 heterocycles. The van der Waals surface area contributed by atoms with Gasteiger partial charge in [-0.3, -0.25) is 0 Å². The van der Waals surface area contributed by atoms with E-state index in [0.29, 0.717) is 5.41 Å². The standard InChI is InChI=1S/C15H24.C2H6/c1-5-6-10-15(3,4)12-14-9-7-8-13(2)11-14;1-2/h7-9,11H,5-6,10,12H2,1-4H3;1-2H3. The average molecular weight is 234 g/mol. The molecule has 0 N–H and O–H groups in total. The van der Waals surface area contributed by atoms with Crippen molar-refractivity contribution in [1.29, 1.82) is 0 Å². The fourth-order valence-electron chi connectivity index (χ4n) is 2.12.